The topological polar surface area (TPSA) is 92.4 Å². The molecule has 0 radical (unpaired) electrons. The van der Waals surface area contributed by atoms with Crippen molar-refractivity contribution in [3.8, 4) is 0 Å². The molecule has 0 atom stereocenters. The highest BCUT2D eigenvalue weighted by atomic mass is 35.5. The number of nitrogens with one attached hydrogen (secondary N) is 1. The molecular formula is C13H21ClN2O3S. The summed E-state index contributed by atoms with van der Waals surface area (Å²) in [6.07, 6.45) is 0. The van der Waals surface area contributed by atoms with Crippen molar-refractivity contribution < 1.29 is 13.5 Å². The summed E-state index contributed by atoms with van der Waals surface area (Å²) >= 11 is 5.86. The highest BCUT2D eigenvalue weighted by Crippen LogP contribution is 2.28. The molecule has 0 aliphatic rings. The molecule has 5 nitrogen and oxygen atoms in total. The van der Waals surface area contributed by atoms with Crippen molar-refractivity contribution in [3.05, 3.63) is 22.7 Å². The summed E-state index contributed by atoms with van der Waals surface area (Å²) in [7, 11) is -3.82. The summed E-state index contributed by atoms with van der Waals surface area (Å²) in [5.41, 5.74) is 4.07. The van der Waals surface area contributed by atoms with E-state index in [-0.39, 0.29) is 10.6 Å². The van der Waals surface area contributed by atoms with E-state index in [0.717, 1.165) is 0 Å². The van der Waals surface area contributed by atoms with Gasteiger partial charge in [-0.25, -0.2) is 13.1 Å². The highest BCUT2D eigenvalue weighted by Gasteiger charge is 2.39. The fourth-order valence-corrected chi connectivity index (χ4v) is 3.49. The van der Waals surface area contributed by atoms with E-state index >= 15 is 0 Å². The van der Waals surface area contributed by atoms with Gasteiger partial charge in [0.15, 0.2) is 0 Å². The van der Waals surface area contributed by atoms with Crippen molar-refractivity contribution in [3.63, 3.8) is 0 Å². The van der Waals surface area contributed by atoms with Gasteiger partial charge in [-0.2, -0.15) is 0 Å². The molecule has 0 amide bonds. The summed E-state index contributed by atoms with van der Waals surface area (Å²) in [5.74, 6) is 0. The van der Waals surface area contributed by atoms with Crippen LogP contribution < -0.4 is 10.5 Å². The molecule has 0 bridgehead atoms. The van der Waals surface area contributed by atoms with Crippen molar-refractivity contribution in [1.29, 1.82) is 0 Å². The molecule has 1 aromatic carbocycles. The van der Waals surface area contributed by atoms with E-state index in [1.807, 2.05) is 0 Å². The van der Waals surface area contributed by atoms with Crippen LogP contribution in [0, 0.1) is 6.92 Å². The lowest BCUT2D eigenvalue weighted by Gasteiger charge is -2.37. The minimum Gasteiger partial charge on any atom is -0.397 e. The highest BCUT2D eigenvalue weighted by molar-refractivity contribution is 7.89. The first-order chi connectivity index (χ1) is 8.78. The van der Waals surface area contributed by atoms with Crippen molar-refractivity contribution in [1.82, 2.24) is 4.72 Å². The van der Waals surface area contributed by atoms with Crippen molar-refractivity contribution >= 4 is 27.3 Å². The van der Waals surface area contributed by atoms with Crippen LogP contribution in [0.15, 0.2) is 17.0 Å². The molecule has 114 valence electrons. The number of rotatable bonds is 4. The van der Waals surface area contributed by atoms with E-state index in [9.17, 15) is 13.5 Å². The van der Waals surface area contributed by atoms with Crippen molar-refractivity contribution in [2.45, 2.75) is 50.7 Å². The number of nitrogen functional groups attached to an aromatic ring is 1. The number of hydrogen-bond donors (Lipinski definition) is 3. The van der Waals surface area contributed by atoms with Crippen LogP contribution in [0.25, 0.3) is 0 Å². The van der Waals surface area contributed by atoms with Crippen LogP contribution in [0.4, 0.5) is 5.69 Å². The molecule has 0 heterocycles. The average molecular weight is 321 g/mol. The van der Waals surface area contributed by atoms with Crippen LogP contribution in [-0.4, -0.2) is 24.7 Å². The number of nitrogens with two attached hydrogens (primary N) is 1. The van der Waals surface area contributed by atoms with E-state index in [1.54, 1.807) is 34.6 Å². The maximum atomic E-state index is 12.5. The Morgan fingerprint density at radius 2 is 1.75 bits per heavy atom. The lowest BCUT2D eigenvalue weighted by Crippen LogP contribution is -2.57. The van der Waals surface area contributed by atoms with E-state index in [1.165, 1.54) is 12.1 Å². The maximum absolute atomic E-state index is 12.5. The molecule has 20 heavy (non-hydrogen) atoms. The second kappa shape index (κ2) is 5.18. The van der Waals surface area contributed by atoms with E-state index < -0.39 is 21.2 Å². The predicted molar refractivity (Wildman–Crippen MR) is 81.3 cm³/mol. The minimum atomic E-state index is -3.82. The average Bonchev–Trinajstić information content (AvgIpc) is 2.19. The zero-order valence-electron chi connectivity index (χ0n) is 12.3. The largest absolute Gasteiger partial charge is 0.397 e. The first-order valence-electron chi connectivity index (χ1n) is 6.10. The third-order valence-corrected chi connectivity index (χ3v) is 5.63. The SMILES string of the molecule is Cc1cc(Cl)c(N)cc1S(=O)(=O)NC(C)(C)C(C)(C)O. The molecule has 0 fully saturated rings. The molecule has 0 saturated heterocycles. The van der Waals surface area contributed by atoms with E-state index in [2.05, 4.69) is 4.72 Å². The third kappa shape index (κ3) is 3.44. The fourth-order valence-electron chi connectivity index (χ4n) is 1.47. The Labute approximate surface area is 125 Å². The van der Waals surface area contributed by atoms with Crippen LogP contribution >= 0.6 is 11.6 Å². The normalized spacial score (nSPS) is 13.6. The Bertz CT molecular complexity index is 619. The van der Waals surface area contributed by atoms with Crippen molar-refractivity contribution in [2.75, 3.05) is 5.73 Å². The van der Waals surface area contributed by atoms with Crippen molar-refractivity contribution in [2.24, 2.45) is 0 Å². The van der Waals surface area contributed by atoms with E-state index in [4.69, 9.17) is 17.3 Å². The number of anilines is 1. The van der Waals surface area contributed by atoms with Crippen LogP contribution in [-0.2, 0) is 10.0 Å². The van der Waals surface area contributed by atoms with Crippen LogP contribution in [0.5, 0.6) is 0 Å². The van der Waals surface area contributed by atoms with E-state index in [0.29, 0.717) is 10.6 Å². The van der Waals surface area contributed by atoms with Gasteiger partial charge in [0.05, 0.1) is 26.7 Å². The lowest BCUT2D eigenvalue weighted by atomic mass is 9.87. The molecule has 0 spiro atoms. The van der Waals surface area contributed by atoms with Gasteiger partial charge in [0.1, 0.15) is 0 Å². The molecule has 0 aliphatic carbocycles. The second-order valence-electron chi connectivity index (χ2n) is 5.93. The van der Waals surface area contributed by atoms with Crippen LogP contribution in [0.1, 0.15) is 33.3 Å². The molecular weight excluding hydrogens is 300 g/mol. The predicted octanol–water partition coefficient (Wildman–Crippen LogP) is 2.06. The van der Waals surface area contributed by atoms with Gasteiger partial charge in [0.25, 0.3) is 0 Å². The number of benzene rings is 1. The van der Waals surface area contributed by atoms with Gasteiger partial charge < -0.3 is 10.8 Å². The molecule has 1 aromatic rings. The number of hydrogen-bond acceptors (Lipinski definition) is 4. The zero-order chi connectivity index (χ0) is 15.9. The van der Waals surface area contributed by atoms with Gasteiger partial charge >= 0.3 is 0 Å². The summed E-state index contributed by atoms with van der Waals surface area (Å²) in [4.78, 5) is 0.0525. The Morgan fingerprint density at radius 3 is 2.20 bits per heavy atom. The standard InChI is InChI=1S/C13H21ClN2O3S/c1-8-6-9(14)10(15)7-11(8)20(18,19)16-12(2,3)13(4,5)17/h6-7,16-17H,15H2,1-5H3. The Morgan fingerprint density at radius 1 is 1.25 bits per heavy atom. The summed E-state index contributed by atoms with van der Waals surface area (Å²) < 4.78 is 27.4. The maximum Gasteiger partial charge on any atom is 0.241 e. The monoisotopic (exact) mass is 320 g/mol. The van der Waals surface area contributed by atoms with Gasteiger partial charge in [-0.05, 0) is 52.3 Å². The summed E-state index contributed by atoms with van der Waals surface area (Å²) in [6.45, 7) is 7.94. The second-order valence-corrected chi connectivity index (χ2v) is 7.99. The Hall–Kier alpha value is -0.820. The summed E-state index contributed by atoms with van der Waals surface area (Å²) in [5, 5.41) is 10.4. The Balaban J connectivity index is 3.29. The first kappa shape index (κ1) is 17.2. The molecule has 7 heteroatoms. The molecule has 0 aromatic heterocycles. The number of halogens is 1. The fraction of sp³-hybridized carbons (Fsp3) is 0.538. The number of aryl methyl sites for hydroxylation is 1. The Kier molecular flexibility index (Phi) is 4.46. The minimum absolute atomic E-state index is 0.0525. The van der Waals surface area contributed by atoms with Gasteiger partial charge in [0, 0.05) is 0 Å². The van der Waals surface area contributed by atoms with Crippen LogP contribution in [0.3, 0.4) is 0 Å². The van der Waals surface area contributed by atoms with Gasteiger partial charge in [-0.15, -0.1) is 0 Å². The molecule has 0 saturated carbocycles. The van der Waals surface area contributed by atoms with Gasteiger partial charge in [0.2, 0.25) is 10.0 Å². The molecule has 0 unspecified atom stereocenters. The van der Waals surface area contributed by atoms with Gasteiger partial charge in [-0.3, -0.25) is 0 Å². The molecule has 4 N–H and O–H groups in total. The van der Waals surface area contributed by atoms with Crippen LogP contribution in [0.2, 0.25) is 5.02 Å². The number of sulfonamides is 1. The zero-order valence-corrected chi connectivity index (χ0v) is 13.9. The quantitative estimate of drug-likeness (QED) is 0.740. The number of aliphatic hydroxyl groups is 1. The smallest absolute Gasteiger partial charge is 0.241 e. The summed E-state index contributed by atoms with van der Waals surface area (Å²) in [6, 6.07) is 2.82. The first-order valence-corrected chi connectivity index (χ1v) is 7.96. The molecule has 0 aliphatic heterocycles. The lowest BCUT2D eigenvalue weighted by molar-refractivity contribution is 0.00638. The third-order valence-electron chi connectivity index (χ3n) is 3.50. The molecule has 1 rings (SSSR count). The van der Waals surface area contributed by atoms with Gasteiger partial charge in [-0.1, -0.05) is 11.6 Å².